The molecule has 0 aromatic rings. The third-order valence-electron chi connectivity index (χ3n) is 10.2. The van der Waals surface area contributed by atoms with Gasteiger partial charge in [-0.1, -0.05) is 70.4 Å². The third kappa shape index (κ3) is 5.54. The SMILES string of the molecule is CCCC1CC(C2=CCCC(N)C2)CCC1C(C)C1CCC(C2CCCCC2)CC1. The lowest BCUT2D eigenvalue weighted by molar-refractivity contribution is 0.0651. The van der Waals surface area contributed by atoms with Gasteiger partial charge in [-0.15, -0.1) is 0 Å². The maximum absolute atomic E-state index is 6.32. The maximum atomic E-state index is 6.32. The Labute approximate surface area is 188 Å². The second-order valence-corrected chi connectivity index (χ2v) is 12.0. The van der Waals surface area contributed by atoms with E-state index in [9.17, 15) is 0 Å². The number of hydrogen-bond acceptors (Lipinski definition) is 1. The summed E-state index contributed by atoms with van der Waals surface area (Å²) in [5, 5.41) is 0. The van der Waals surface area contributed by atoms with E-state index in [1.54, 1.807) is 44.1 Å². The van der Waals surface area contributed by atoms with E-state index in [1.807, 2.05) is 0 Å². The topological polar surface area (TPSA) is 26.0 Å². The molecule has 3 fully saturated rings. The van der Waals surface area contributed by atoms with Gasteiger partial charge in [0.2, 0.25) is 0 Å². The lowest BCUT2D eigenvalue weighted by Crippen LogP contribution is -2.36. The molecule has 0 spiro atoms. The van der Waals surface area contributed by atoms with Crippen molar-refractivity contribution in [2.75, 3.05) is 0 Å². The number of hydrogen-bond donors (Lipinski definition) is 1. The fraction of sp³-hybridized carbons (Fsp3) is 0.931. The molecule has 0 saturated heterocycles. The van der Waals surface area contributed by atoms with Crippen LogP contribution in [0.25, 0.3) is 0 Å². The Morgan fingerprint density at radius 2 is 1.63 bits per heavy atom. The van der Waals surface area contributed by atoms with Crippen LogP contribution in [-0.4, -0.2) is 6.04 Å². The van der Waals surface area contributed by atoms with Crippen LogP contribution in [0, 0.1) is 41.4 Å². The summed E-state index contributed by atoms with van der Waals surface area (Å²) in [5.74, 6) is 6.98. The first kappa shape index (κ1) is 22.9. The molecule has 5 unspecified atom stereocenters. The first-order chi connectivity index (χ1) is 14.7. The highest BCUT2D eigenvalue weighted by Crippen LogP contribution is 2.49. The minimum Gasteiger partial charge on any atom is -0.327 e. The zero-order valence-electron chi connectivity index (χ0n) is 20.3. The van der Waals surface area contributed by atoms with Crippen molar-refractivity contribution in [3.63, 3.8) is 0 Å². The second kappa shape index (κ2) is 11.0. The molecule has 0 aliphatic heterocycles. The fourth-order valence-corrected chi connectivity index (χ4v) is 8.42. The molecular weight excluding hydrogens is 362 g/mol. The van der Waals surface area contributed by atoms with Gasteiger partial charge in [-0.05, 0) is 106 Å². The summed E-state index contributed by atoms with van der Waals surface area (Å²) in [7, 11) is 0. The molecule has 4 aliphatic rings. The minimum atomic E-state index is 0.436. The molecule has 0 aromatic carbocycles. The lowest BCUT2D eigenvalue weighted by Gasteiger charge is -2.45. The van der Waals surface area contributed by atoms with Crippen molar-refractivity contribution in [3.05, 3.63) is 11.6 Å². The van der Waals surface area contributed by atoms with Crippen LogP contribution in [0.1, 0.15) is 123 Å². The normalized spacial score (nSPS) is 40.0. The maximum Gasteiger partial charge on any atom is 0.00791 e. The standard InChI is InChI=1S/C29H51N/c1-3-8-27-19-26(25-11-7-12-28(30)20-25)17-18-29(27)21(2)22-13-15-24(16-14-22)23-9-5-4-6-10-23/h11,21-24,26-29H,3-10,12-20,30H2,1-2H3. The Morgan fingerprint density at radius 3 is 2.33 bits per heavy atom. The molecule has 2 N–H and O–H groups in total. The molecule has 4 rings (SSSR count). The molecule has 0 aromatic heterocycles. The van der Waals surface area contributed by atoms with Gasteiger partial charge >= 0.3 is 0 Å². The summed E-state index contributed by atoms with van der Waals surface area (Å²) >= 11 is 0. The highest BCUT2D eigenvalue weighted by Gasteiger charge is 2.39. The van der Waals surface area contributed by atoms with Gasteiger partial charge in [-0.2, -0.15) is 0 Å². The van der Waals surface area contributed by atoms with E-state index >= 15 is 0 Å². The van der Waals surface area contributed by atoms with Gasteiger partial charge in [0.05, 0.1) is 0 Å². The third-order valence-corrected chi connectivity index (χ3v) is 10.2. The highest BCUT2D eigenvalue weighted by molar-refractivity contribution is 5.13. The molecule has 1 heteroatoms. The molecule has 5 atom stereocenters. The van der Waals surface area contributed by atoms with Gasteiger partial charge in [-0.3, -0.25) is 0 Å². The van der Waals surface area contributed by atoms with Gasteiger partial charge in [-0.25, -0.2) is 0 Å². The van der Waals surface area contributed by atoms with E-state index < -0.39 is 0 Å². The van der Waals surface area contributed by atoms with Crippen LogP contribution in [0.5, 0.6) is 0 Å². The largest absolute Gasteiger partial charge is 0.327 e. The van der Waals surface area contributed by atoms with Crippen LogP contribution in [0.3, 0.4) is 0 Å². The molecule has 30 heavy (non-hydrogen) atoms. The Balaban J connectivity index is 1.32. The molecule has 172 valence electrons. The van der Waals surface area contributed by atoms with Crippen LogP contribution >= 0.6 is 0 Å². The first-order valence-electron chi connectivity index (χ1n) is 14.1. The van der Waals surface area contributed by atoms with Gasteiger partial charge in [0.1, 0.15) is 0 Å². The van der Waals surface area contributed by atoms with Crippen molar-refractivity contribution in [3.8, 4) is 0 Å². The Kier molecular flexibility index (Phi) is 8.40. The summed E-state index contributed by atoms with van der Waals surface area (Å²) < 4.78 is 0. The predicted molar refractivity (Wildman–Crippen MR) is 130 cm³/mol. The quantitative estimate of drug-likeness (QED) is 0.435. The smallest absolute Gasteiger partial charge is 0.00791 e. The molecular formula is C29H51N. The van der Waals surface area contributed by atoms with Crippen molar-refractivity contribution in [2.45, 2.75) is 129 Å². The molecule has 3 saturated carbocycles. The van der Waals surface area contributed by atoms with Crippen LogP contribution in [0.2, 0.25) is 0 Å². The average Bonchev–Trinajstić information content (AvgIpc) is 2.79. The van der Waals surface area contributed by atoms with Gasteiger partial charge in [0.15, 0.2) is 0 Å². The molecule has 4 aliphatic carbocycles. The summed E-state index contributed by atoms with van der Waals surface area (Å²) in [6, 6.07) is 0.436. The number of allylic oxidation sites excluding steroid dienone is 1. The van der Waals surface area contributed by atoms with Crippen LogP contribution in [0.15, 0.2) is 11.6 Å². The van der Waals surface area contributed by atoms with Crippen molar-refractivity contribution >= 4 is 0 Å². The Bertz CT molecular complexity index is 537. The fourth-order valence-electron chi connectivity index (χ4n) is 8.42. The Morgan fingerprint density at radius 1 is 0.900 bits per heavy atom. The first-order valence-corrected chi connectivity index (χ1v) is 14.1. The van der Waals surface area contributed by atoms with Crippen molar-refractivity contribution in [2.24, 2.45) is 47.2 Å². The van der Waals surface area contributed by atoms with E-state index in [1.165, 1.54) is 70.6 Å². The van der Waals surface area contributed by atoms with Crippen LogP contribution in [-0.2, 0) is 0 Å². The zero-order valence-corrected chi connectivity index (χ0v) is 20.3. The number of nitrogens with two attached hydrogens (primary N) is 1. The van der Waals surface area contributed by atoms with Crippen LogP contribution < -0.4 is 5.73 Å². The van der Waals surface area contributed by atoms with E-state index in [2.05, 4.69) is 19.9 Å². The van der Waals surface area contributed by atoms with Crippen LogP contribution in [0.4, 0.5) is 0 Å². The van der Waals surface area contributed by atoms with Crippen molar-refractivity contribution < 1.29 is 0 Å². The molecule has 0 heterocycles. The summed E-state index contributed by atoms with van der Waals surface area (Å²) in [6.07, 6.45) is 27.3. The summed E-state index contributed by atoms with van der Waals surface area (Å²) in [5.41, 5.74) is 8.07. The van der Waals surface area contributed by atoms with E-state index in [0.717, 1.165) is 41.4 Å². The van der Waals surface area contributed by atoms with Gasteiger partial charge in [0, 0.05) is 6.04 Å². The minimum absolute atomic E-state index is 0.436. The zero-order chi connectivity index (χ0) is 20.9. The second-order valence-electron chi connectivity index (χ2n) is 12.0. The predicted octanol–water partition coefficient (Wildman–Crippen LogP) is 8.28. The van der Waals surface area contributed by atoms with E-state index in [-0.39, 0.29) is 0 Å². The van der Waals surface area contributed by atoms with Crippen molar-refractivity contribution in [1.29, 1.82) is 0 Å². The lowest BCUT2D eigenvalue weighted by atomic mass is 9.60. The van der Waals surface area contributed by atoms with E-state index in [4.69, 9.17) is 5.73 Å². The molecule has 0 amide bonds. The number of rotatable bonds is 6. The Hall–Kier alpha value is -0.300. The molecule has 1 nitrogen and oxygen atoms in total. The van der Waals surface area contributed by atoms with E-state index in [0.29, 0.717) is 6.04 Å². The molecule has 0 bridgehead atoms. The monoisotopic (exact) mass is 413 g/mol. The average molecular weight is 414 g/mol. The van der Waals surface area contributed by atoms with Crippen molar-refractivity contribution in [1.82, 2.24) is 0 Å². The highest BCUT2D eigenvalue weighted by atomic mass is 14.6. The molecule has 0 radical (unpaired) electrons. The van der Waals surface area contributed by atoms with Gasteiger partial charge in [0.25, 0.3) is 0 Å². The summed E-state index contributed by atoms with van der Waals surface area (Å²) in [6.45, 7) is 5.07. The summed E-state index contributed by atoms with van der Waals surface area (Å²) in [4.78, 5) is 0. The van der Waals surface area contributed by atoms with Gasteiger partial charge < -0.3 is 5.73 Å².